The summed E-state index contributed by atoms with van der Waals surface area (Å²) in [5.74, 6) is 1.02. The van der Waals surface area contributed by atoms with Crippen molar-refractivity contribution in [2.24, 2.45) is 0 Å². The highest BCUT2D eigenvalue weighted by atomic mass is 35.5. The summed E-state index contributed by atoms with van der Waals surface area (Å²) in [6, 6.07) is 11.3. The molecular formula is C14H13ClFNO. The van der Waals surface area contributed by atoms with Crippen LogP contribution in [0.1, 0.15) is 5.56 Å². The number of nitrogens with one attached hydrogen (secondary N) is 1. The lowest BCUT2D eigenvalue weighted by Crippen LogP contribution is -2.06. The average Bonchev–Trinajstić information content (AvgIpc) is 2.36. The lowest BCUT2D eigenvalue weighted by atomic mass is 10.2. The minimum atomic E-state index is -0.283. The van der Waals surface area contributed by atoms with E-state index in [1.54, 1.807) is 24.3 Å². The summed E-state index contributed by atoms with van der Waals surface area (Å²) in [5, 5.41) is 3.71. The molecule has 0 aliphatic heterocycles. The van der Waals surface area contributed by atoms with Crippen LogP contribution in [0.5, 0.6) is 11.5 Å². The second-order valence-electron chi connectivity index (χ2n) is 3.84. The van der Waals surface area contributed by atoms with Crippen molar-refractivity contribution in [1.82, 2.24) is 5.32 Å². The van der Waals surface area contributed by atoms with Crippen molar-refractivity contribution in [1.29, 1.82) is 0 Å². The Morgan fingerprint density at radius 1 is 1.17 bits per heavy atom. The molecule has 0 bridgehead atoms. The van der Waals surface area contributed by atoms with Crippen molar-refractivity contribution >= 4 is 11.6 Å². The van der Waals surface area contributed by atoms with Gasteiger partial charge in [0.2, 0.25) is 0 Å². The van der Waals surface area contributed by atoms with Gasteiger partial charge in [0.1, 0.15) is 17.3 Å². The summed E-state index contributed by atoms with van der Waals surface area (Å²) >= 11 is 5.94. The molecular weight excluding hydrogens is 253 g/mol. The first-order valence-corrected chi connectivity index (χ1v) is 5.93. The maximum Gasteiger partial charge on any atom is 0.132 e. The van der Waals surface area contributed by atoms with Crippen LogP contribution in [0.2, 0.25) is 5.02 Å². The van der Waals surface area contributed by atoms with E-state index < -0.39 is 0 Å². The van der Waals surface area contributed by atoms with E-state index in [2.05, 4.69) is 5.32 Å². The maximum absolute atomic E-state index is 12.8. The fraction of sp³-hybridized carbons (Fsp3) is 0.143. The molecule has 18 heavy (non-hydrogen) atoms. The Hall–Kier alpha value is -1.58. The van der Waals surface area contributed by atoms with E-state index in [1.807, 2.05) is 13.1 Å². The molecule has 2 aromatic rings. The third-order valence-corrected chi connectivity index (χ3v) is 2.67. The molecule has 0 aliphatic carbocycles. The lowest BCUT2D eigenvalue weighted by molar-refractivity contribution is 0.472. The van der Waals surface area contributed by atoms with E-state index >= 15 is 0 Å². The molecule has 0 saturated heterocycles. The van der Waals surface area contributed by atoms with Gasteiger partial charge in [0.25, 0.3) is 0 Å². The van der Waals surface area contributed by atoms with Crippen molar-refractivity contribution in [3.63, 3.8) is 0 Å². The van der Waals surface area contributed by atoms with Crippen LogP contribution >= 0.6 is 11.6 Å². The number of ether oxygens (including phenoxy) is 1. The molecule has 2 rings (SSSR count). The Labute approximate surface area is 110 Å². The molecule has 2 aromatic carbocycles. The Morgan fingerprint density at radius 3 is 2.56 bits per heavy atom. The summed E-state index contributed by atoms with van der Waals surface area (Å²) in [7, 11) is 1.85. The van der Waals surface area contributed by atoms with E-state index in [9.17, 15) is 4.39 Å². The van der Waals surface area contributed by atoms with Gasteiger partial charge in [-0.15, -0.1) is 0 Å². The number of halogens is 2. The van der Waals surface area contributed by atoms with Crippen LogP contribution in [-0.4, -0.2) is 7.05 Å². The van der Waals surface area contributed by atoms with Crippen molar-refractivity contribution in [2.45, 2.75) is 6.54 Å². The largest absolute Gasteiger partial charge is 0.457 e. The standard InChI is InChI=1S/C14H13ClFNO/c1-17-9-10-8-11(15)2-7-14(10)18-13-5-3-12(16)4-6-13/h2-8,17H,9H2,1H3. The van der Waals surface area contributed by atoms with E-state index in [0.717, 1.165) is 5.56 Å². The molecule has 0 aromatic heterocycles. The predicted molar refractivity (Wildman–Crippen MR) is 70.7 cm³/mol. The third kappa shape index (κ3) is 3.22. The van der Waals surface area contributed by atoms with Crippen LogP contribution in [0, 0.1) is 5.82 Å². The second-order valence-corrected chi connectivity index (χ2v) is 4.27. The second kappa shape index (κ2) is 5.85. The Balaban J connectivity index is 2.25. The van der Waals surface area contributed by atoms with Gasteiger partial charge in [-0.2, -0.15) is 0 Å². The maximum atomic E-state index is 12.8. The molecule has 0 heterocycles. The van der Waals surface area contributed by atoms with Gasteiger partial charge in [0.15, 0.2) is 0 Å². The van der Waals surface area contributed by atoms with Crippen LogP contribution < -0.4 is 10.1 Å². The van der Waals surface area contributed by atoms with Gasteiger partial charge in [0.05, 0.1) is 0 Å². The van der Waals surface area contributed by atoms with Crippen LogP contribution in [0.4, 0.5) is 4.39 Å². The predicted octanol–water partition coefficient (Wildman–Crippen LogP) is 3.99. The minimum Gasteiger partial charge on any atom is -0.457 e. The van der Waals surface area contributed by atoms with Crippen LogP contribution in [0.25, 0.3) is 0 Å². The number of rotatable bonds is 4. The van der Waals surface area contributed by atoms with E-state index in [0.29, 0.717) is 23.1 Å². The molecule has 0 amide bonds. The van der Waals surface area contributed by atoms with Crippen molar-refractivity contribution in [3.05, 3.63) is 58.9 Å². The topological polar surface area (TPSA) is 21.3 Å². The first-order chi connectivity index (χ1) is 8.69. The fourth-order valence-electron chi connectivity index (χ4n) is 1.61. The molecule has 0 atom stereocenters. The van der Waals surface area contributed by atoms with E-state index in [4.69, 9.17) is 16.3 Å². The summed E-state index contributed by atoms with van der Waals surface area (Å²) in [4.78, 5) is 0. The van der Waals surface area contributed by atoms with Gasteiger partial charge in [-0.1, -0.05) is 11.6 Å². The fourth-order valence-corrected chi connectivity index (χ4v) is 1.80. The Kier molecular flexibility index (Phi) is 4.18. The van der Waals surface area contributed by atoms with Gasteiger partial charge in [-0.25, -0.2) is 4.39 Å². The molecule has 0 aliphatic rings. The Morgan fingerprint density at radius 2 is 1.89 bits per heavy atom. The number of hydrogen-bond donors (Lipinski definition) is 1. The molecule has 0 unspecified atom stereocenters. The summed E-state index contributed by atoms with van der Waals surface area (Å²) in [6.45, 7) is 0.650. The molecule has 2 nitrogen and oxygen atoms in total. The molecule has 0 fully saturated rings. The average molecular weight is 266 g/mol. The van der Waals surface area contributed by atoms with Gasteiger partial charge < -0.3 is 10.1 Å². The lowest BCUT2D eigenvalue weighted by Gasteiger charge is -2.11. The molecule has 0 radical (unpaired) electrons. The van der Waals surface area contributed by atoms with Gasteiger partial charge in [-0.05, 0) is 49.5 Å². The zero-order valence-corrected chi connectivity index (χ0v) is 10.7. The molecule has 94 valence electrons. The van der Waals surface area contributed by atoms with Crippen molar-refractivity contribution in [2.75, 3.05) is 7.05 Å². The van der Waals surface area contributed by atoms with Gasteiger partial charge in [-0.3, -0.25) is 0 Å². The minimum absolute atomic E-state index is 0.283. The normalized spacial score (nSPS) is 10.4. The van der Waals surface area contributed by atoms with Crippen LogP contribution in [0.15, 0.2) is 42.5 Å². The molecule has 4 heteroatoms. The highest BCUT2D eigenvalue weighted by Crippen LogP contribution is 2.27. The summed E-state index contributed by atoms with van der Waals surface area (Å²) in [6.07, 6.45) is 0. The first kappa shape index (κ1) is 12.9. The molecule has 0 spiro atoms. The zero-order chi connectivity index (χ0) is 13.0. The number of benzene rings is 2. The highest BCUT2D eigenvalue weighted by molar-refractivity contribution is 6.30. The van der Waals surface area contributed by atoms with Gasteiger partial charge in [0, 0.05) is 17.1 Å². The third-order valence-electron chi connectivity index (χ3n) is 2.43. The first-order valence-electron chi connectivity index (χ1n) is 5.55. The number of hydrogen-bond acceptors (Lipinski definition) is 2. The van der Waals surface area contributed by atoms with Crippen molar-refractivity contribution in [3.8, 4) is 11.5 Å². The zero-order valence-electron chi connectivity index (χ0n) is 9.91. The molecule has 0 saturated carbocycles. The van der Waals surface area contributed by atoms with E-state index in [-0.39, 0.29) is 5.82 Å². The van der Waals surface area contributed by atoms with E-state index in [1.165, 1.54) is 12.1 Å². The van der Waals surface area contributed by atoms with Crippen LogP contribution in [0.3, 0.4) is 0 Å². The Bertz CT molecular complexity index is 528. The molecule has 1 N–H and O–H groups in total. The monoisotopic (exact) mass is 265 g/mol. The smallest absolute Gasteiger partial charge is 0.132 e. The highest BCUT2D eigenvalue weighted by Gasteiger charge is 2.05. The van der Waals surface area contributed by atoms with Crippen LogP contribution in [-0.2, 0) is 6.54 Å². The SMILES string of the molecule is CNCc1cc(Cl)ccc1Oc1ccc(F)cc1. The summed E-state index contributed by atoms with van der Waals surface area (Å²) < 4.78 is 18.5. The van der Waals surface area contributed by atoms with Gasteiger partial charge >= 0.3 is 0 Å². The quantitative estimate of drug-likeness (QED) is 0.902. The van der Waals surface area contributed by atoms with Crippen molar-refractivity contribution < 1.29 is 9.13 Å². The summed E-state index contributed by atoms with van der Waals surface area (Å²) in [5.41, 5.74) is 0.953.